The zero-order valence-corrected chi connectivity index (χ0v) is 21.2. The van der Waals surface area contributed by atoms with Gasteiger partial charge < -0.3 is 19.1 Å². The molecule has 184 valence electrons. The first-order valence-electron chi connectivity index (χ1n) is 11.6. The Morgan fingerprint density at radius 3 is 2.71 bits per heavy atom. The monoisotopic (exact) mass is 487 g/mol. The van der Waals surface area contributed by atoms with Gasteiger partial charge in [-0.15, -0.1) is 5.10 Å². The predicted octanol–water partition coefficient (Wildman–Crippen LogP) is 4.64. The van der Waals surface area contributed by atoms with Crippen LogP contribution >= 0.6 is 11.8 Å². The molecule has 0 radical (unpaired) electrons. The normalized spacial score (nSPS) is 22.0. The molecule has 9 nitrogen and oxygen atoms in total. The summed E-state index contributed by atoms with van der Waals surface area (Å²) in [5.41, 5.74) is 0.402. The molecule has 0 spiro atoms. The average Bonchev–Trinajstić information content (AvgIpc) is 3.39. The highest BCUT2D eigenvalue weighted by Gasteiger charge is 2.40. The number of piperidine rings is 1. The Balaban J connectivity index is 1.41. The van der Waals surface area contributed by atoms with Gasteiger partial charge in [-0.3, -0.25) is 0 Å². The second-order valence-electron chi connectivity index (χ2n) is 10.1. The van der Waals surface area contributed by atoms with E-state index in [2.05, 4.69) is 15.5 Å². The third kappa shape index (κ3) is 6.02. The van der Waals surface area contributed by atoms with Crippen LogP contribution in [-0.2, 0) is 14.2 Å². The molecule has 1 fully saturated rings. The number of amides is 1. The molecule has 1 aromatic heterocycles. The van der Waals surface area contributed by atoms with Crippen molar-refractivity contribution in [3.8, 4) is 5.69 Å². The van der Waals surface area contributed by atoms with E-state index in [0.717, 1.165) is 35.2 Å². The molecular formula is C24H33N5O4S. The predicted molar refractivity (Wildman–Crippen MR) is 128 cm³/mol. The summed E-state index contributed by atoms with van der Waals surface area (Å²) in [6.07, 6.45) is 3.21. The quantitative estimate of drug-likeness (QED) is 0.544. The minimum absolute atomic E-state index is 0.0359. The van der Waals surface area contributed by atoms with Crippen LogP contribution in [0.3, 0.4) is 0 Å². The summed E-state index contributed by atoms with van der Waals surface area (Å²) < 4.78 is 19.2. The van der Waals surface area contributed by atoms with Crippen molar-refractivity contribution in [1.82, 2.24) is 25.1 Å². The largest absolute Gasteiger partial charge is 0.457 e. The Morgan fingerprint density at radius 2 is 2.03 bits per heavy atom. The molecule has 2 aliphatic rings. The number of thioether (sulfide) groups is 1. The number of nitrogens with zero attached hydrogens (tertiary/aromatic N) is 5. The van der Waals surface area contributed by atoms with Crippen LogP contribution in [-0.4, -0.2) is 61.4 Å². The maximum atomic E-state index is 12.7. The van der Waals surface area contributed by atoms with Gasteiger partial charge in [-0.25, -0.2) is 4.79 Å². The third-order valence-corrected chi connectivity index (χ3v) is 6.71. The van der Waals surface area contributed by atoms with Crippen molar-refractivity contribution in [2.45, 2.75) is 64.0 Å². The van der Waals surface area contributed by atoms with E-state index in [-0.39, 0.29) is 12.0 Å². The second kappa shape index (κ2) is 9.85. The van der Waals surface area contributed by atoms with Crippen LogP contribution in [0.5, 0.6) is 0 Å². The molecule has 0 saturated carbocycles. The molecule has 1 saturated heterocycles. The lowest BCUT2D eigenvalue weighted by Gasteiger charge is -2.39. The third-order valence-electron chi connectivity index (χ3n) is 5.76. The molecule has 0 N–H and O–H groups in total. The van der Waals surface area contributed by atoms with E-state index in [1.54, 1.807) is 27.6 Å². The Hall–Kier alpha value is -2.75. The lowest BCUT2D eigenvalue weighted by atomic mass is 9.82. The fourth-order valence-electron chi connectivity index (χ4n) is 4.16. The van der Waals surface area contributed by atoms with Crippen molar-refractivity contribution >= 4 is 17.9 Å². The van der Waals surface area contributed by atoms with Gasteiger partial charge in [0.1, 0.15) is 17.6 Å². The van der Waals surface area contributed by atoms with Crippen molar-refractivity contribution in [1.29, 1.82) is 0 Å². The fraction of sp³-hybridized carbons (Fsp3) is 0.583. The minimum atomic E-state index is -0.694. The number of likely N-dealkylation sites (tertiary alicyclic amines) is 1. The van der Waals surface area contributed by atoms with Gasteiger partial charge in [0.25, 0.3) is 0 Å². The molecule has 2 aliphatic heterocycles. The van der Waals surface area contributed by atoms with Crippen molar-refractivity contribution in [2.75, 3.05) is 18.8 Å². The molecular weight excluding hydrogens is 454 g/mol. The maximum Gasteiger partial charge on any atom is 0.410 e. The van der Waals surface area contributed by atoms with Crippen LogP contribution in [0.4, 0.5) is 4.79 Å². The van der Waals surface area contributed by atoms with Crippen molar-refractivity contribution in [2.24, 2.45) is 11.8 Å². The first-order chi connectivity index (χ1) is 16.1. The van der Waals surface area contributed by atoms with Crippen LogP contribution in [0.2, 0.25) is 0 Å². The number of hydrogen-bond donors (Lipinski definition) is 0. The number of ether oxygens (including phenoxy) is 3. The van der Waals surface area contributed by atoms with Gasteiger partial charge in [-0.1, -0.05) is 30.0 Å². The summed E-state index contributed by atoms with van der Waals surface area (Å²) in [7, 11) is 0. The number of benzene rings is 1. The lowest BCUT2D eigenvalue weighted by Crippen LogP contribution is -2.46. The standard InChI is InChI=1S/C24H33N5O4S/c1-23(2,3)33-22(30)28-13-11-17(19(15-28)20-16-31-24(4,5)32-20)12-14-34-21-25-26-27-29(21)18-9-7-6-8-10-18/h6-10,16-17,19H,11-15H2,1-5H3. The number of carbonyl (C=O) groups excluding carboxylic acids is 1. The van der Waals surface area contributed by atoms with Crippen molar-refractivity contribution in [3.05, 3.63) is 42.4 Å². The van der Waals surface area contributed by atoms with E-state index >= 15 is 0 Å². The molecule has 0 aliphatic carbocycles. The van der Waals surface area contributed by atoms with Gasteiger partial charge in [0.2, 0.25) is 10.9 Å². The van der Waals surface area contributed by atoms with Crippen molar-refractivity contribution in [3.63, 3.8) is 0 Å². The highest BCUT2D eigenvalue weighted by atomic mass is 32.2. The van der Waals surface area contributed by atoms with Gasteiger partial charge >= 0.3 is 6.09 Å². The fourth-order valence-corrected chi connectivity index (χ4v) is 5.12. The van der Waals surface area contributed by atoms with Gasteiger partial charge in [0, 0.05) is 38.6 Å². The first-order valence-corrected chi connectivity index (χ1v) is 12.6. The van der Waals surface area contributed by atoms with E-state index in [1.165, 1.54) is 0 Å². The van der Waals surface area contributed by atoms with E-state index in [1.807, 2.05) is 65.0 Å². The number of rotatable bonds is 6. The molecule has 34 heavy (non-hydrogen) atoms. The van der Waals surface area contributed by atoms with E-state index in [0.29, 0.717) is 19.0 Å². The van der Waals surface area contributed by atoms with Gasteiger partial charge in [0.15, 0.2) is 0 Å². The topological polar surface area (TPSA) is 91.6 Å². The Bertz CT molecular complexity index is 1020. The summed E-state index contributed by atoms with van der Waals surface area (Å²) in [6, 6.07) is 9.86. The molecule has 1 amide bonds. The highest BCUT2D eigenvalue weighted by molar-refractivity contribution is 7.99. The smallest absolute Gasteiger partial charge is 0.410 e. The van der Waals surface area contributed by atoms with Crippen molar-refractivity contribution < 1.29 is 19.0 Å². The van der Waals surface area contributed by atoms with Crippen LogP contribution in [0, 0.1) is 11.8 Å². The molecule has 2 atom stereocenters. The molecule has 2 unspecified atom stereocenters. The molecule has 10 heteroatoms. The molecule has 4 rings (SSSR count). The van der Waals surface area contributed by atoms with E-state index in [9.17, 15) is 4.79 Å². The molecule has 0 bridgehead atoms. The zero-order valence-electron chi connectivity index (χ0n) is 20.4. The van der Waals surface area contributed by atoms with Crippen LogP contribution in [0.1, 0.15) is 47.5 Å². The number of carbonyl (C=O) groups is 1. The summed E-state index contributed by atoms with van der Waals surface area (Å²) >= 11 is 1.63. The second-order valence-corrected chi connectivity index (χ2v) is 11.1. The van der Waals surface area contributed by atoms with Crippen LogP contribution in [0.15, 0.2) is 47.5 Å². The number of aromatic nitrogens is 4. The SMILES string of the molecule is CC(C)(C)OC(=O)N1CCC(CCSc2nnnn2-c2ccccc2)C(C2=COC(C)(C)O2)C1. The van der Waals surface area contributed by atoms with Gasteiger partial charge in [-0.05, 0) is 62.1 Å². The molecule has 3 heterocycles. The lowest BCUT2D eigenvalue weighted by molar-refractivity contribution is -0.124. The maximum absolute atomic E-state index is 12.7. The Labute approximate surface area is 204 Å². The summed E-state index contributed by atoms with van der Waals surface area (Å²) in [4.78, 5) is 14.5. The number of tetrazole rings is 1. The number of para-hydroxylation sites is 1. The summed E-state index contributed by atoms with van der Waals surface area (Å²) in [6.45, 7) is 10.6. The zero-order chi connectivity index (χ0) is 24.3. The Morgan fingerprint density at radius 1 is 1.26 bits per heavy atom. The highest BCUT2D eigenvalue weighted by Crippen LogP contribution is 2.39. The first kappa shape index (κ1) is 24.4. The molecule has 1 aromatic carbocycles. The summed E-state index contributed by atoms with van der Waals surface area (Å²) in [5, 5.41) is 12.9. The molecule has 2 aromatic rings. The summed E-state index contributed by atoms with van der Waals surface area (Å²) in [5.74, 6) is 1.31. The van der Waals surface area contributed by atoms with Gasteiger partial charge in [0.05, 0.1) is 5.69 Å². The van der Waals surface area contributed by atoms with E-state index < -0.39 is 11.4 Å². The average molecular weight is 488 g/mol. The van der Waals surface area contributed by atoms with Crippen LogP contribution < -0.4 is 0 Å². The number of hydrogen-bond acceptors (Lipinski definition) is 8. The minimum Gasteiger partial charge on any atom is -0.457 e. The van der Waals surface area contributed by atoms with E-state index in [4.69, 9.17) is 14.2 Å². The van der Waals surface area contributed by atoms with Gasteiger partial charge in [-0.2, -0.15) is 4.68 Å². The Kier molecular flexibility index (Phi) is 7.06. The van der Waals surface area contributed by atoms with Crippen LogP contribution in [0.25, 0.3) is 5.69 Å².